The quantitative estimate of drug-likeness (QED) is 0.210. The molecule has 0 aliphatic carbocycles. The van der Waals surface area contributed by atoms with Crippen molar-refractivity contribution in [2.45, 2.75) is 39.8 Å². The number of hydrogen-bond acceptors (Lipinski definition) is 4. The van der Waals surface area contributed by atoms with Crippen molar-refractivity contribution in [2.75, 3.05) is 52.6 Å². The van der Waals surface area contributed by atoms with Crippen LogP contribution in [0.15, 0.2) is 29.3 Å². The number of unbranched alkanes of at least 4 members (excludes halogenated alkanes) is 1. The van der Waals surface area contributed by atoms with E-state index < -0.39 is 0 Å². The molecule has 2 rings (SSSR count). The molecule has 0 bridgehead atoms. The van der Waals surface area contributed by atoms with Crippen LogP contribution in [0.1, 0.15) is 37.8 Å². The van der Waals surface area contributed by atoms with Gasteiger partial charge in [0.1, 0.15) is 0 Å². The van der Waals surface area contributed by atoms with Crippen molar-refractivity contribution >= 4 is 29.9 Å². The van der Waals surface area contributed by atoms with Crippen molar-refractivity contribution in [1.29, 1.82) is 0 Å². The molecule has 0 radical (unpaired) electrons. The Labute approximate surface area is 187 Å². The van der Waals surface area contributed by atoms with Crippen LogP contribution >= 0.6 is 24.0 Å². The average molecular weight is 504 g/mol. The monoisotopic (exact) mass is 504 g/mol. The zero-order valence-corrected chi connectivity index (χ0v) is 19.7. The Balaban J connectivity index is 0.00000392. The number of aliphatic imine (C=N–C) groups is 1. The van der Waals surface area contributed by atoms with Crippen molar-refractivity contribution in [3.8, 4) is 0 Å². The minimum Gasteiger partial charge on any atom is -0.380 e. The number of hydrogen-bond donors (Lipinski definition) is 2. The Kier molecular flexibility index (Phi) is 14.3. The van der Waals surface area contributed by atoms with Gasteiger partial charge in [-0.3, -0.25) is 4.90 Å². The molecule has 0 spiro atoms. The van der Waals surface area contributed by atoms with Crippen LogP contribution in [0.5, 0.6) is 0 Å². The van der Waals surface area contributed by atoms with E-state index in [1.165, 1.54) is 17.5 Å². The number of guanidine groups is 1. The Hall–Kier alpha value is -0.900. The Morgan fingerprint density at radius 2 is 1.86 bits per heavy atom. The molecule has 2 N–H and O–H groups in total. The van der Waals surface area contributed by atoms with E-state index in [1.807, 2.05) is 0 Å². The molecule has 7 heteroatoms. The van der Waals surface area contributed by atoms with E-state index in [-0.39, 0.29) is 24.0 Å². The van der Waals surface area contributed by atoms with Crippen LogP contribution in [0.4, 0.5) is 0 Å². The fourth-order valence-electron chi connectivity index (χ4n) is 2.96. The lowest BCUT2D eigenvalue weighted by Gasteiger charge is -2.27. The van der Waals surface area contributed by atoms with Crippen LogP contribution in [-0.2, 0) is 22.6 Å². The van der Waals surface area contributed by atoms with Crippen molar-refractivity contribution in [3.05, 3.63) is 35.4 Å². The van der Waals surface area contributed by atoms with E-state index in [1.54, 1.807) is 0 Å². The van der Waals surface area contributed by atoms with Crippen molar-refractivity contribution in [1.82, 2.24) is 15.5 Å². The van der Waals surface area contributed by atoms with Crippen LogP contribution in [-0.4, -0.2) is 63.5 Å². The predicted molar refractivity (Wildman–Crippen MR) is 126 cm³/mol. The summed E-state index contributed by atoms with van der Waals surface area (Å²) < 4.78 is 11.1. The molecular formula is C21H37IN4O2. The summed E-state index contributed by atoms with van der Waals surface area (Å²) in [6.07, 6.45) is 2.29. The third-order valence-electron chi connectivity index (χ3n) is 4.55. The molecule has 0 unspecified atom stereocenters. The van der Waals surface area contributed by atoms with Crippen LogP contribution in [0.3, 0.4) is 0 Å². The van der Waals surface area contributed by atoms with Crippen molar-refractivity contribution < 1.29 is 9.47 Å². The third kappa shape index (κ3) is 10.0. The topological polar surface area (TPSA) is 58.1 Å². The van der Waals surface area contributed by atoms with Gasteiger partial charge in [0.05, 0.1) is 26.4 Å². The highest BCUT2D eigenvalue weighted by atomic mass is 127. The maximum atomic E-state index is 5.61. The molecular weight excluding hydrogens is 467 g/mol. The van der Waals surface area contributed by atoms with Gasteiger partial charge in [0.2, 0.25) is 0 Å². The highest BCUT2D eigenvalue weighted by Gasteiger charge is 2.12. The summed E-state index contributed by atoms with van der Waals surface area (Å²) in [7, 11) is 0. The van der Waals surface area contributed by atoms with E-state index in [0.29, 0.717) is 13.2 Å². The summed E-state index contributed by atoms with van der Waals surface area (Å²) in [5, 5.41) is 6.67. The summed E-state index contributed by atoms with van der Waals surface area (Å²) in [6, 6.07) is 8.59. The molecule has 1 aliphatic heterocycles. The minimum absolute atomic E-state index is 0. The van der Waals surface area contributed by atoms with Crippen LogP contribution in [0.2, 0.25) is 0 Å². The zero-order chi connectivity index (χ0) is 19.2. The number of nitrogens with zero attached hydrogens (tertiary/aromatic N) is 2. The van der Waals surface area contributed by atoms with Crippen LogP contribution in [0, 0.1) is 0 Å². The molecule has 1 fully saturated rings. The smallest absolute Gasteiger partial charge is 0.191 e. The number of halogens is 1. The first-order chi connectivity index (χ1) is 13.3. The second kappa shape index (κ2) is 16.0. The number of nitrogens with one attached hydrogen (secondary N) is 2. The molecule has 0 atom stereocenters. The van der Waals surface area contributed by atoms with Gasteiger partial charge in [0, 0.05) is 39.3 Å². The molecule has 1 aliphatic rings. The summed E-state index contributed by atoms with van der Waals surface area (Å²) in [6.45, 7) is 12.7. The SMILES string of the molecule is CCCCOCCNC(=NCc1ccccc1CN1CCOCC1)NCC.I. The van der Waals surface area contributed by atoms with Crippen molar-refractivity contribution in [3.63, 3.8) is 0 Å². The Morgan fingerprint density at radius 1 is 1.11 bits per heavy atom. The third-order valence-corrected chi connectivity index (χ3v) is 4.55. The Morgan fingerprint density at radius 3 is 2.57 bits per heavy atom. The highest BCUT2D eigenvalue weighted by molar-refractivity contribution is 14.0. The van der Waals surface area contributed by atoms with E-state index in [4.69, 9.17) is 14.5 Å². The molecule has 160 valence electrons. The van der Waals surface area contributed by atoms with Crippen molar-refractivity contribution in [2.24, 2.45) is 4.99 Å². The maximum Gasteiger partial charge on any atom is 0.191 e. The second-order valence-electron chi connectivity index (χ2n) is 6.75. The van der Waals surface area contributed by atoms with Crippen LogP contribution < -0.4 is 10.6 Å². The van der Waals surface area contributed by atoms with Crippen LogP contribution in [0.25, 0.3) is 0 Å². The van der Waals surface area contributed by atoms with E-state index in [0.717, 1.165) is 64.9 Å². The Bertz CT molecular complexity index is 551. The number of ether oxygens (including phenoxy) is 2. The maximum absolute atomic E-state index is 5.61. The molecule has 0 saturated carbocycles. The van der Waals surface area contributed by atoms with Gasteiger partial charge >= 0.3 is 0 Å². The fraction of sp³-hybridized carbons (Fsp3) is 0.667. The standard InChI is InChI=1S/C21H36N4O2.HI/c1-3-5-13-26-14-10-23-21(22-4-2)24-17-19-8-6-7-9-20(19)18-25-11-15-27-16-12-25;/h6-9H,3-5,10-18H2,1-2H3,(H2,22,23,24);1H. The fourth-order valence-corrected chi connectivity index (χ4v) is 2.96. The second-order valence-corrected chi connectivity index (χ2v) is 6.75. The minimum atomic E-state index is 0. The van der Waals surface area contributed by atoms with Gasteiger partial charge in [-0.1, -0.05) is 37.6 Å². The van der Waals surface area contributed by atoms with Gasteiger partial charge in [-0.2, -0.15) is 0 Å². The van der Waals surface area contributed by atoms with E-state index in [2.05, 4.69) is 53.6 Å². The van der Waals surface area contributed by atoms with Gasteiger partial charge in [0.15, 0.2) is 5.96 Å². The molecule has 28 heavy (non-hydrogen) atoms. The lowest BCUT2D eigenvalue weighted by Crippen LogP contribution is -2.39. The van der Waals surface area contributed by atoms with Gasteiger partial charge in [0.25, 0.3) is 0 Å². The lowest BCUT2D eigenvalue weighted by atomic mass is 10.1. The first kappa shape index (κ1) is 25.1. The molecule has 6 nitrogen and oxygen atoms in total. The van der Waals surface area contributed by atoms with E-state index in [9.17, 15) is 0 Å². The lowest BCUT2D eigenvalue weighted by molar-refractivity contribution is 0.0341. The average Bonchev–Trinajstić information content (AvgIpc) is 2.70. The number of rotatable bonds is 11. The molecule has 1 heterocycles. The predicted octanol–water partition coefficient (Wildman–Crippen LogP) is 3.01. The summed E-state index contributed by atoms with van der Waals surface area (Å²) >= 11 is 0. The summed E-state index contributed by atoms with van der Waals surface area (Å²) in [5.74, 6) is 0.845. The first-order valence-electron chi connectivity index (χ1n) is 10.3. The molecule has 1 aromatic rings. The molecule has 0 amide bonds. The highest BCUT2D eigenvalue weighted by Crippen LogP contribution is 2.14. The first-order valence-corrected chi connectivity index (χ1v) is 10.3. The molecule has 1 saturated heterocycles. The number of benzene rings is 1. The molecule has 1 aromatic carbocycles. The summed E-state index contributed by atoms with van der Waals surface area (Å²) in [5.41, 5.74) is 2.63. The largest absolute Gasteiger partial charge is 0.380 e. The van der Waals surface area contributed by atoms with Gasteiger partial charge < -0.3 is 20.1 Å². The normalized spacial score (nSPS) is 15.1. The van der Waals surface area contributed by atoms with E-state index >= 15 is 0 Å². The summed E-state index contributed by atoms with van der Waals surface area (Å²) in [4.78, 5) is 7.21. The van der Waals surface area contributed by atoms with Gasteiger partial charge in [-0.25, -0.2) is 4.99 Å². The zero-order valence-electron chi connectivity index (χ0n) is 17.4. The molecule has 0 aromatic heterocycles. The van der Waals surface area contributed by atoms with Gasteiger partial charge in [-0.15, -0.1) is 24.0 Å². The number of morpholine rings is 1. The van der Waals surface area contributed by atoms with Gasteiger partial charge in [-0.05, 0) is 24.5 Å².